The molecule has 3 rings (SSSR count). The zero-order chi connectivity index (χ0) is 24.2. The van der Waals surface area contributed by atoms with Crippen molar-refractivity contribution in [3.63, 3.8) is 0 Å². The predicted molar refractivity (Wildman–Crippen MR) is 126 cm³/mol. The van der Waals surface area contributed by atoms with Crippen molar-refractivity contribution >= 4 is 11.7 Å². The molecular formula is C27H34F3NO2. The second-order valence-electron chi connectivity index (χ2n) is 9.18. The average molecular weight is 462 g/mol. The maximum absolute atomic E-state index is 13.1. The molecule has 33 heavy (non-hydrogen) atoms. The molecule has 0 aliphatic carbocycles. The molecule has 1 aliphatic heterocycles. The van der Waals surface area contributed by atoms with Crippen LogP contribution in [0.2, 0.25) is 0 Å². The number of alkyl halides is 3. The molecule has 2 unspecified atom stereocenters. The van der Waals surface area contributed by atoms with Gasteiger partial charge in [-0.25, -0.2) is 0 Å². The largest absolute Gasteiger partial charge is 0.465 e. The number of anilines is 1. The van der Waals surface area contributed by atoms with Crippen LogP contribution in [-0.2, 0) is 21.1 Å². The molecule has 1 saturated heterocycles. The van der Waals surface area contributed by atoms with Crippen LogP contribution in [-0.4, -0.2) is 25.2 Å². The van der Waals surface area contributed by atoms with Gasteiger partial charge in [0.05, 0.1) is 17.6 Å². The van der Waals surface area contributed by atoms with E-state index in [0.717, 1.165) is 54.8 Å². The van der Waals surface area contributed by atoms with Crippen LogP contribution in [0.15, 0.2) is 42.5 Å². The number of rotatable bonds is 7. The van der Waals surface area contributed by atoms with Gasteiger partial charge in [-0.05, 0) is 93.5 Å². The van der Waals surface area contributed by atoms with E-state index in [0.29, 0.717) is 24.6 Å². The maximum Gasteiger partial charge on any atom is 0.416 e. The molecule has 0 saturated carbocycles. The Morgan fingerprint density at radius 3 is 2.30 bits per heavy atom. The van der Waals surface area contributed by atoms with Gasteiger partial charge in [0.25, 0.3) is 0 Å². The van der Waals surface area contributed by atoms with Crippen LogP contribution in [0.25, 0.3) is 11.1 Å². The Bertz CT molecular complexity index is 955. The van der Waals surface area contributed by atoms with Gasteiger partial charge in [-0.2, -0.15) is 13.2 Å². The Labute approximate surface area is 194 Å². The van der Waals surface area contributed by atoms with Gasteiger partial charge in [0.2, 0.25) is 0 Å². The van der Waals surface area contributed by atoms with Gasteiger partial charge in [0.15, 0.2) is 0 Å². The number of halogens is 3. The summed E-state index contributed by atoms with van der Waals surface area (Å²) in [7, 11) is 0. The minimum atomic E-state index is -4.38. The molecule has 2 aromatic rings. The monoisotopic (exact) mass is 461 g/mol. The van der Waals surface area contributed by atoms with Gasteiger partial charge in [-0.3, -0.25) is 4.79 Å². The predicted octanol–water partition coefficient (Wildman–Crippen LogP) is 7.37. The highest BCUT2D eigenvalue weighted by Gasteiger charge is 2.37. The molecule has 0 N–H and O–H groups in total. The third kappa shape index (κ3) is 5.53. The lowest BCUT2D eigenvalue weighted by Crippen LogP contribution is -2.38. The second-order valence-corrected chi connectivity index (χ2v) is 9.18. The van der Waals surface area contributed by atoms with Gasteiger partial charge in [-0.1, -0.05) is 25.5 Å². The molecule has 2 atom stereocenters. The van der Waals surface area contributed by atoms with E-state index in [4.69, 9.17) is 4.74 Å². The SMILES string of the molecule is CCCC(C)(C(=O)OCC)c1cc(-c2ccc(C(F)(F)F)cc2)cc(N2CCCCC2C)c1. The fourth-order valence-electron chi connectivity index (χ4n) is 4.75. The molecule has 1 aliphatic rings. The lowest BCUT2D eigenvalue weighted by atomic mass is 9.77. The highest BCUT2D eigenvalue weighted by Crippen LogP contribution is 2.39. The fraction of sp³-hybridized carbons (Fsp3) is 0.519. The number of ether oxygens (including phenoxy) is 1. The van der Waals surface area contributed by atoms with Crippen molar-refractivity contribution in [2.45, 2.75) is 77.4 Å². The van der Waals surface area contributed by atoms with E-state index in [-0.39, 0.29) is 5.97 Å². The van der Waals surface area contributed by atoms with Crippen molar-refractivity contribution < 1.29 is 22.7 Å². The minimum absolute atomic E-state index is 0.269. The smallest absolute Gasteiger partial charge is 0.416 e. The Morgan fingerprint density at radius 2 is 1.73 bits per heavy atom. The first kappa shape index (κ1) is 25.1. The van der Waals surface area contributed by atoms with Gasteiger partial charge >= 0.3 is 12.1 Å². The molecule has 0 radical (unpaired) electrons. The Hall–Kier alpha value is -2.50. The second kappa shape index (κ2) is 10.2. The molecule has 180 valence electrons. The van der Waals surface area contributed by atoms with Crippen LogP contribution in [0, 0.1) is 0 Å². The van der Waals surface area contributed by atoms with E-state index in [1.807, 2.05) is 26.0 Å². The summed E-state index contributed by atoms with van der Waals surface area (Å²) in [5, 5.41) is 0. The lowest BCUT2D eigenvalue weighted by Gasteiger charge is -2.37. The normalized spacial score (nSPS) is 18.6. The number of carbonyl (C=O) groups is 1. The van der Waals surface area contributed by atoms with E-state index in [1.165, 1.54) is 18.6 Å². The zero-order valence-corrected chi connectivity index (χ0v) is 20.0. The van der Waals surface area contributed by atoms with Gasteiger partial charge in [-0.15, -0.1) is 0 Å². The van der Waals surface area contributed by atoms with Gasteiger partial charge in [0, 0.05) is 18.3 Å². The number of nitrogens with zero attached hydrogens (tertiary/aromatic N) is 1. The standard InChI is InChI=1S/C27H34F3NO2/c1-5-14-26(4,25(32)33-6-2)23-16-21(20-10-12-22(13-11-20)27(28,29)30)17-24(18-23)31-15-8-7-9-19(31)3/h10-13,16-19H,5-9,14-15H2,1-4H3. The summed E-state index contributed by atoms with van der Waals surface area (Å²) in [5.74, 6) is -0.269. The Kier molecular flexibility index (Phi) is 7.76. The molecule has 0 spiro atoms. The van der Waals surface area contributed by atoms with Crippen LogP contribution in [0.5, 0.6) is 0 Å². The van der Waals surface area contributed by atoms with Crippen LogP contribution in [0.1, 0.15) is 70.9 Å². The molecule has 0 amide bonds. The average Bonchev–Trinajstić information content (AvgIpc) is 2.79. The minimum Gasteiger partial charge on any atom is -0.465 e. The van der Waals surface area contributed by atoms with Crippen LogP contribution in [0.3, 0.4) is 0 Å². The molecular weight excluding hydrogens is 427 g/mol. The number of esters is 1. The summed E-state index contributed by atoms with van der Waals surface area (Å²) in [4.78, 5) is 15.4. The maximum atomic E-state index is 13.1. The third-order valence-corrected chi connectivity index (χ3v) is 6.71. The van der Waals surface area contributed by atoms with Crippen molar-refractivity contribution in [2.75, 3.05) is 18.1 Å². The number of hydrogen-bond donors (Lipinski definition) is 0. The number of carbonyl (C=O) groups excluding carboxylic acids is 1. The third-order valence-electron chi connectivity index (χ3n) is 6.71. The van der Waals surface area contributed by atoms with E-state index in [2.05, 4.69) is 17.9 Å². The molecule has 0 aromatic heterocycles. The highest BCUT2D eigenvalue weighted by molar-refractivity contribution is 5.84. The Morgan fingerprint density at radius 1 is 1.03 bits per heavy atom. The highest BCUT2D eigenvalue weighted by atomic mass is 19.4. The first-order valence-corrected chi connectivity index (χ1v) is 11.9. The molecule has 2 aromatic carbocycles. The topological polar surface area (TPSA) is 29.5 Å². The first-order valence-electron chi connectivity index (χ1n) is 11.9. The summed E-state index contributed by atoms with van der Waals surface area (Å²) in [6, 6.07) is 11.6. The summed E-state index contributed by atoms with van der Waals surface area (Å²) in [5.41, 5.74) is 1.84. The van der Waals surface area contributed by atoms with Crippen LogP contribution >= 0.6 is 0 Å². The van der Waals surface area contributed by atoms with E-state index in [9.17, 15) is 18.0 Å². The van der Waals surface area contributed by atoms with E-state index in [1.54, 1.807) is 6.92 Å². The van der Waals surface area contributed by atoms with Gasteiger partial charge in [0.1, 0.15) is 0 Å². The number of piperidine rings is 1. The molecule has 3 nitrogen and oxygen atoms in total. The molecule has 0 bridgehead atoms. The number of hydrogen-bond acceptors (Lipinski definition) is 3. The zero-order valence-electron chi connectivity index (χ0n) is 20.0. The summed E-state index contributed by atoms with van der Waals surface area (Å²) < 4.78 is 44.7. The molecule has 1 fully saturated rings. The number of benzene rings is 2. The van der Waals surface area contributed by atoms with Crippen molar-refractivity contribution in [3.8, 4) is 11.1 Å². The van der Waals surface area contributed by atoms with Crippen LogP contribution < -0.4 is 4.90 Å². The van der Waals surface area contributed by atoms with Gasteiger partial charge < -0.3 is 9.64 Å². The Balaban J connectivity index is 2.14. The molecule has 1 heterocycles. The van der Waals surface area contributed by atoms with Crippen molar-refractivity contribution in [1.29, 1.82) is 0 Å². The van der Waals surface area contributed by atoms with Crippen LogP contribution in [0.4, 0.5) is 18.9 Å². The van der Waals surface area contributed by atoms with Crippen molar-refractivity contribution in [2.24, 2.45) is 0 Å². The summed E-state index contributed by atoms with van der Waals surface area (Å²) >= 11 is 0. The fourth-order valence-corrected chi connectivity index (χ4v) is 4.75. The van der Waals surface area contributed by atoms with E-state index < -0.39 is 17.2 Å². The van der Waals surface area contributed by atoms with E-state index >= 15 is 0 Å². The lowest BCUT2D eigenvalue weighted by molar-refractivity contribution is -0.149. The van der Waals surface area contributed by atoms with Crippen molar-refractivity contribution in [3.05, 3.63) is 53.6 Å². The quantitative estimate of drug-likeness (QED) is 0.403. The first-order chi connectivity index (χ1) is 15.6. The van der Waals surface area contributed by atoms with Crippen molar-refractivity contribution in [1.82, 2.24) is 0 Å². The summed E-state index contributed by atoms with van der Waals surface area (Å²) in [6.07, 6.45) is 0.405. The summed E-state index contributed by atoms with van der Waals surface area (Å²) in [6.45, 7) is 9.15. The molecule has 6 heteroatoms.